The molecule has 3 rings (SSSR count). The predicted molar refractivity (Wildman–Crippen MR) is 107 cm³/mol. The minimum Gasteiger partial charge on any atom is -0.311 e. The van der Waals surface area contributed by atoms with Crippen molar-refractivity contribution in [1.29, 1.82) is 0 Å². The van der Waals surface area contributed by atoms with Crippen LogP contribution in [-0.2, 0) is 21.2 Å². The molecule has 2 aromatic rings. The number of nitrogens with one attached hydrogen (secondary N) is 1. The number of hydrogen-bond donors (Lipinski definition) is 1. The predicted octanol–water partition coefficient (Wildman–Crippen LogP) is 4.19. The molecule has 26 heavy (non-hydrogen) atoms. The third-order valence-corrected chi connectivity index (χ3v) is 6.17. The van der Waals surface area contributed by atoms with Crippen molar-refractivity contribution in [3.05, 3.63) is 52.5 Å². The second-order valence-electron chi connectivity index (χ2n) is 7.36. The molecule has 0 aromatic heterocycles. The molecule has 0 unspecified atom stereocenters. The zero-order valence-corrected chi connectivity index (χ0v) is 17.3. The number of hydrogen-bond acceptors (Lipinski definition) is 3. The van der Waals surface area contributed by atoms with Crippen LogP contribution in [0.5, 0.6) is 0 Å². The first kappa shape index (κ1) is 18.9. The zero-order chi connectivity index (χ0) is 19.1. The second-order valence-corrected chi connectivity index (χ2v) is 9.96. The molecule has 0 saturated heterocycles. The van der Waals surface area contributed by atoms with Gasteiger partial charge in [-0.05, 0) is 48.4 Å². The maximum atomic E-state index is 12.7. The second kappa shape index (κ2) is 6.70. The van der Waals surface area contributed by atoms with Crippen LogP contribution >= 0.6 is 15.9 Å². The average Bonchev–Trinajstić information content (AvgIpc) is 2.96. The molecule has 7 heteroatoms. The SMILES string of the molecule is CC(C)(C)C(=O)N1CCc2ccc(NS(=O)(=O)c3ccc(Br)cc3)cc21. The number of carbonyl (C=O) groups is 1. The summed E-state index contributed by atoms with van der Waals surface area (Å²) in [5.41, 5.74) is 1.78. The molecule has 1 aliphatic heterocycles. The van der Waals surface area contributed by atoms with Gasteiger partial charge in [-0.25, -0.2) is 8.42 Å². The Morgan fingerprint density at radius 3 is 2.38 bits per heavy atom. The van der Waals surface area contributed by atoms with Crippen molar-refractivity contribution in [3.63, 3.8) is 0 Å². The number of fused-ring (bicyclic) bond motifs is 1. The lowest BCUT2D eigenvalue weighted by molar-refractivity contribution is -0.125. The molecule has 0 bridgehead atoms. The normalized spacial score (nSPS) is 14.2. The maximum Gasteiger partial charge on any atom is 0.261 e. The summed E-state index contributed by atoms with van der Waals surface area (Å²) in [6, 6.07) is 11.8. The number of nitrogens with zero attached hydrogens (tertiary/aromatic N) is 1. The summed E-state index contributed by atoms with van der Waals surface area (Å²) >= 11 is 3.30. The van der Waals surface area contributed by atoms with Gasteiger partial charge in [0.05, 0.1) is 10.6 Å². The molecule has 5 nitrogen and oxygen atoms in total. The third-order valence-electron chi connectivity index (χ3n) is 4.24. The van der Waals surface area contributed by atoms with E-state index in [0.29, 0.717) is 12.2 Å². The first-order chi connectivity index (χ1) is 12.1. The third kappa shape index (κ3) is 3.78. The topological polar surface area (TPSA) is 66.5 Å². The molecule has 0 spiro atoms. The van der Waals surface area contributed by atoms with Gasteiger partial charge in [0.1, 0.15) is 0 Å². The fraction of sp³-hybridized carbons (Fsp3) is 0.316. The number of sulfonamides is 1. The van der Waals surface area contributed by atoms with E-state index in [2.05, 4.69) is 20.7 Å². The summed E-state index contributed by atoms with van der Waals surface area (Å²) in [5, 5.41) is 0. The van der Waals surface area contributed by atoms with E-state index < -0.39 is 15.4 Å². The van der Waals surface area contributed by atoms with Gasteiger partial charge in [-0.2, -0.15) is 0 Å². The van der Waals surface area contributed by atoms with Crippen molar-refractivity contribution >= 4 is 43.2 Å². The number of amides is 1. The molecule has 2 aromatic carbocycles. The molecular weight excluding hydrogens is 416 g/mol. The van der Waals surface area contributed by atoms with Gasteiger partial charge in [0.25, 0.3) is 10.0 Å². The van der Waals surface area contributed by atoms with Crippen LogP contribution in [-0.4, -0.2) is 20.9 Å². The van der Waals surface area contributed by atoms with Crippen molar-refractivity contribution < 1.29 is 13.2 Å². The summed E-state index contributed by atoms with van der Waals surface area (Å²) in [7, 11) is -3.69. The van der Waals surface area contributed by atoms with E-state index in [1.807, 2.05) is 26.8 Å². The van der Waals surface area contributed by atoms with Gasteiger partial charge in [0, 0.05) is 22.1 Å². The molecule has 1 N–H and O–H groups in total. The monoisotopic (exact) mass is 436 g/mol. The molecule has 0 radical (unpaired) electrons. The fourth-order valence-corrected chi connectivity index (χ4v) is 4.20. The van der Waals surface area contributed by atoms with E-state index in [4.69, 9.17) is 0 Å². The van der Waals surface area contributed by atoms with Crippen molar-refractivity contribution in [3.8, 4) is 0 Å². The molecule has 0 fully saturated rings. The Balaban J connectivity index is 1.90. The van der Waals surface area contributed by atoms with E-state index in [1.54, 1.807) is 29.2 Å². The van der Waals surface area contributed by atoms with Gasteiger partial charge in [-0.1, -0.05) is 42.8 Å². The van der Waals surface area contributed by atoms with Crippen LogP contribution in [0.4, 0.5) is 11.4 Å². The lowest BCUT2D eigenvalue weighted by atomic mass is 9.94. The smallest absolute Gasteiger partial charge is 0.261 e. The molecule has 1 heterocycles. The highest BCUT2D eigenvalue weighted by molar-refractivity contribution is 9.10. The Hall–Kier alpha value is -1.86. The Labute approximate surface area is 162 Å². The fourth-order valence-electron chi connectivity index (χ4n) is 2.89. The van der Waals surface area contributed by atoms with Gasteiger partial charge in [-0.15, -0.1) is 0 Å². The molecule has 0 saturated carbocycles. The van der Waals surface area contributed by atoms with Gasteiger partial charge < -0.3 is 4.90 Å². The van der Waals surface area contributed by atoms with Crippen LogP contribution < -0.4 is 9.62 Å². The van der Waals surface area contributed by atoms with Crippen molar-refractivity contribution in [1.82, 2.24) is 0 Å². The van der Waals surface area contributed by atoms with Crippen LogP contribution in [0.15, 0.2) is 51.8 Å². The minimum atomic E-state index is -3.69. The zero-order valence-electron chi connectivity index (χ0n) is 14.9. The molecule has 0 aliphatic carbocycles. The van der Waals surface area contributed by atoms with E-state index in [1.165, 1.54) is 12.1 Å². The first-order valence-electron chi connectivity index (χ1n) is 8.31. The van der Waals surface area contributed by atoms with Crippen molar-refractivity contribution in [2.45, 2.75) is 32.1 Å². The molecule has 1 aliphatic rings. The summed E-state index contributed by atoms with van der Waals surface area (Å²) in [6.07, 6.45) is 0.775. The maximum absolute atomic E-state index is 12.7. The van der Waals surface area contributed by atoms with Crippen LogP contribution in [0.1, 0.15) is 26.3 Å². The van der Waals surface area contributed by atoms with Crippen molar-refractivity contribution in [2.75, 3.05) is 16.2 Å². The lowest BCUT2D eigenvalue weighted by Gasteiger charge is -2.26. The van der Waals surface area contributed by atoms with E-state index in [0.717, 1.165) is 22.1 Å². The van der Waals surface area contributed by atoms with E-state index >= 15 is 0 Å². The number of carbonyl (C=O) groups excluding carboxylic acids is 1. The standard InChI is InChI=1S/C19H21BrN2O3S/c1-19(2,3)18(23)22-11-10-13-4-7-15(12-17(13)22)21-26(24,25)16-8-5-14(20)6-9-16/h4-9,12,21H,10-11H2,1-3H3. The largest absolute Gasteiger partial charge is 0.311 e. The quantitative estimate of drug-likeness (QED) is 0.784. The van der Waals surface area contributed by atoms with Crippen LogP contribution in [0.25, 0.3) is 0 Å². The van der Waals surface area contributed by atoms with Crippen molar-refractivity contribution in [2.24, 2.45) is 5.41 Å². The highest BCUT2D eigenvalue weighted by atomic mass is 79.9. The van der Waals surface area contributed by atoms with Crippen LogP contribution in [0.2, 0.25) is 0 Å². The molecule has 0 atom stereocenters. The van der Waals surface area contributed by atoms with Gasteiger partial charge >= 0.3 is 0 Å². The van der Waals surface area contributed by atoms with Gasteiger partial charge in [-0.3, -0.25) is 9.52 Å². The molecular formula is C19H21BrN2O3S. The highest BCUT2D eigenvalue weighted by Crippen LogP contribution is 2.34. The van der Waals surface area contributed by atoms with E-state index in [-0.39, 0.29) is 10.8 Å². The number of anilines is 2. The number of halogens is 1. The highest BCUT2D eigenvalue weighted by Gasteiger charge is 2.32. The Morgan fingerprint density at radius 2 is 1.77 bits per heavy atom. The van der Waals surface area contributed by atoms with Gasteiger partial charge in [0.15, 0.2) is 0 Å². The number of benzene rings is 2. The molecule has 138 valence electrons. The van der Waals surface area contributed by atoms with Crippen LogP contribution in [0, 0.1) is 5.41 Å². The minimum absolute atomic E-state index is 0.0316. The summed E-state index contributed by atoms with van der Waals surface area (Å²) < 4.78 is 28.6. The van der Waals surface area contributed by atoms with E-state index in [9.17, 15) is 13.2 Å². The average molecular weight is 437 g/mol. The number of rotatable bonds is 3. The van der Waals surface area contributed by atoms with Crippen LogP contribution in [0.3, 0.4) is 0 Å². The molecule has 1 amide bonds. The Kier molecular flexibility index (Phi) is 4.88. The Morgan fingerprint density at radius 1 is 1.12 bits per heavy atom. The summed E-state index contributed by atoms with van der Waals surface area (Å²) in [5.74, 6) is 0.0316. The summed E-state index contributed by atoms with van der Waals surface area (Å²) in [6.45, 7) is 6.27. The summed E-state index contributed by atoms with van der Waals surface area (Å²) in [4.78, 5) is 14.6. The first-order valence-corrected chi connectivity index (χ1v) is 10.6. The Bertz CT molecular complexity index is 948. The lowest BCUT2D eigenvalue weighted by Crippen LogP contribution is -2.38. The van der Waals surface area contributed by atoms with Gasteiger partial charge in [0.2, 0.25) is 5.91 Å².